The van der Waals surface area contributed by atoms with E-state index in [4.69, 9.17) is 0 Å². The predicted octanol–water partition coefficient (Wildman–Crippen LogP) is 1.48. The summed E-state index contributed by atoms with van der Waals surface area (Å²) in [5, 5.41) is 0. The Morgan fingerprint density at radius 2 is 1.88 bits per heavy atom. The minimum Gasteiger partial charge on any atom is -0.303 e. The lowest BCUT2D eigenvalue weighted by atomic mass is 9.97. The third-order valence-corrected chi connectivity index (χ3v) is 0.866. The van der Waals surface area contributed by atoms with Gasteiger partial charge >= 0.3 is 0 Å². The standard InChI is InChI=1S/C5H8F2O/c1-5(2,3-8)4(6)7/h3-4H,1-2H3. The molecule has 48 valence electrons. The molecule has 0 aromatic heterocycles. The summed E-state index contributed by atoms with van der Waals surface area (Å²) in [6.45, 7) is 2.40. The second-order valence-corrected chi connectivity index (χ2v) is 2.24. The molecule has 3 heteroatoms. The van der Waals surface area contributed by atoms with E-state index in [-0.39, 0.29) is 6.29 Å². The van der Waals surface area contributed by atoms with Gasteiger partial charge in [-0.05, 0) is 13.8 Å². The lowest BCUT2D eigenvalue weighted by molar-refractivity contribution is -0.121. The van der Waals surface area contributed by atoms with Gasteiger partial charge < -0.3 is 4.79 Å². The monoisotopic (exact) mass is 122 g/mol. The van der Waals surface area contributed by atoms with Gasteiger partial charge in [0.15, 0.2) is 0 Å². The molecule has 0 fully saturated rings. The van der Waals surface area contributed by atoms with Crippen LogP contribution in [0.4, 0.5) is 8.78 Å². The second-order valence-electron chi connectivity index (χ2n) is 2.24. The first-order valence-corrected chi connectivity index (χ1v) is 2.25. The van der Waals surface area contributed by atoms with E-state index in [9.17, 15) is 13.6 Å². The molecule has 0 saturated heterocycles. The molecule has 0 rings (SSSR count). The average Bonchev–Trinajstić information content (AvgIpc) is 1.67. The highest BCUT2D eigenvalue weighted by Crippen LogP contribution is 2.20. The zero-order chi connectivity index (χ0) is 6.78. The van der Waals surface area contributed by atoms with Crippen LogP contribution in [-0.2, 0) is 4.79 Å². The largest absolute Gasteiger partial charge is 0.303 e. The van der Waals surface area contributed by atoms with Gasteiger partial charge in [0.05, 0.1) is 5.41 Å². The van der Waals surface area contributed by atoms with Gasteiger partial charge in [-0.15, -0.1) is 0 Å². The number of carbonyl (C=O) groups excluding carboxylic acids is 1. The van der Waals surface area contributed by atoms with Gasteiger partial charge in [-0.1, -0.05) is 0 Å². The highest BCUT2D eigenvalue weighted by atomic mass is 19.3. The van der Waals surface area contributed by atoms with Crippen molar-refractivity contribution < 1.29 is 13.6 Å². The molecule has 0 aliphatic heterocycles. The highest BCUT2D eigenvalue weighted by molar-refractivity contribution is 5.58. The van der Waals surface area contributed by atoms with E-state index in [2.05, 4.69) is 0 Å². The summed E-state index contributed by atoms with van der Waals surface area (Å²) < 4.78 is 23.2. The molecule has 0 bridgehead atoms. The molecule has 0 aromatic carbocycles. The Hall–Kier alpha value is -0.470. The number of aldehydes is 1. The minimum absolute atomic E-state index is 0.262. The molecule has 0 amide bonds. The van der Waals surface area contributed by atoms with Crippen LogP contribution in [0.15, 0.2) is 0 Å². The van der Waals surface area contributed by atoms with Crippen LogP contribution in [0.3, 0.4) is 0 Å². The topological polar surface area (TPSA) is 17.1 Å². The van der Waals surface area contributed by atoms with E-state index in [1.54, 1.807) is 0 Å². The van der Waals surface area contributed by atoms with Gasteiger partial charge in [0.2, 0.25) is 6.43 Å². The number of carbonyl (C=O) groups is 1. The molecule has 0 saturated carbocycles. The first-order chi connectivity index (χ1) is 3.50. The van der Waals surface area contributed by atoms with Crippen molar-refractivity contribution in [3.8, 4) is 0 Å². The zero-order valence-corrected chi connectivity index (χ0v) is 4.82. The van der Waals surface area contributed by atoms with E-state index >= 15 is 0 Å². The molecule has 0 atom stereocenters. The van der Waals surface area contributed by atoms with Gasteiger partial charge in [-0.3, -0.25) is 0 Å². The van der Waals surface area contributed by atoms with E-state index in [1.807, 2.05) is 0 Å². The van der Waals surface area contributed by atoms with E-state index in [0.29, 0.717) is 0 Å². The van der Waals surface area contributed by atoms with Gasteiger partial charge in [-0.2, -0.15) is 0 Å². The molecule has 0 spiro atoms. The Balaban J connectivity index is 3.90. The van der Waals surface area contributed by atoms with E-state index < -0.39 is 11.8 Å². The van der Waals surface area contributed by atoms with Crippen LogP contribution >= 0.6 is 0 Å². The smallest absolute Gasteiger partial charge is 0.250 e. The summed E-state index contributed by atoms with van der Waals surface area (Å²) in [4.78, 5) is 9.79. The van der Waals surface area contributed by atoms with Crippen LogP contribution in [0.25, 0.3) is 0 Å². The maximum Gasteiger partial charge on any atom is 0.250 e. The van der Waals surface area contributed by atoms with Crippen molar-refractivity contribution >= 4 is 6.29 Å². The summed E-state index contributed by atoms with van der Waals surface area (Å²) in [5.41, 5.74) is -1.47. The normalized spacial score (nSPS) is 12.1. The van der Waals surface area contributed by atoms with Crippen molar-refractivity contribution in [1.82, 2.24) is 0 Å². The predicted molar refractivity (Wildman–Crippen MR) is 25.8 cm³/mol. The Morgan fingerprint density at radius 3 is 1.88 bits per heavy atom. The summed E-state index contributed by atoms with van der Waals surface area (Å²) >= 11 is 0. The number of rotatable bonds is 2. The fraction of sp³-hybridized carbons (Fsp3) is 0.800. The molecule has 0 aliphatic carbocycles. The van der Waals surface area contributed by atoms with Crippen LogP contribution in [0, 0.1) is 5.41 Å². The minimum atomic E-state index is -2.56. The SMILES string of the molecule is CC(C)(C=O)C(F)F. The van der Waals surface area contributed by atoms with Crippen LogP contribution in [0.5, 0.6) is 0 Å². The number of hydrogen-bond acceptors (Lipinski definition) is 1. The molecule has 8 heavy (non-hydrogen) atoms. The summed E-state index contributed by atoms with van der Waals surface area (Å²) in [7, 11) is 0. The molecular formula is C5H8F2O. The van der Waals surface area contributed by atoms with Crippen molar-refractivity contribution in [3.05, 3.63) is 0 Å². The molecular weight excluding hydrogens is 114 g/mol. The molecule has 0 radical (unpaired) electrons. The molecule has 0 N–H and O–H groups in total. The van der Waals surface area contributed by atoms with E-state index in [1.165, 1.54) is 13.8 Å². The van der Waals surface area contributed by atoms with E-state index in [0.717, 1.165) is 0 Å². The third-order valence-electron chi connectivity index (χ3n) is 0.866. The highest BCUT2D eigenvalue weighted by Gasteiger charge is 2.28. The van der Waals surface area contributed by atoms with Crippen LogP contribution in [-0.4, -0.2) is 12.7 Å². The maximum absolute atomic E-state index is 11.6. The molecule has 0 unspecified atom stereocenters. The molecule has 1 nitrogen and oxygen atoms in total. The number of halogens is 2. The summed E-state index contributed by atoms with van der Waals surface area (Å²) in [5.74, 6) is 0. The Morgan fingerprint density at radius 1 is 1.50 bits per heavy atom. The van der Waals surface area contributed by atoms with Gasteiger partial charge in [0.1, 0.15) is 6.29 Å². The van der Waals surface area contributed by atoms with Crippen molar-refractivity contribution in [2.45, 2.75) is 20.3 Å². The number of alkyl halides is 2. The van der Waals surface area contributed by atoms with Crippen LogP contribution < -0.4 is 0 Å². The molecule has 0 heterocycles. The number of hydrogen-bond donors (Lipinski definition) is 0. The fourth-order valence-corrected chi connectivity index (χ4v) is 0.0514. The lowest BCUT2D eigenvalue weighted by Gasteiger charge is -2.13. The quantitative estimate of drug-likeness (QED) is 0.507. The first-order valence-electron chi connectivity index (χ1n) is 2.25. The fourth-order valence-electron chi connectivity index (χ4n) is 0.0514. The van der Waals surface area contributed by atoms with Gasteiger partial charge in [0, 0.05) is 0 Å². The van der Waals surface area contributed by atoms with Crippen LogP contribution in [0.1, 0.15) is 13.8 Å². The van der Waals surface area contributed by atoms with Crippen molar-refractivity contribution in [1.29, 1.82) is 0 Å². The molecule has 0 aliphatic rings. The first kappa shape index (κ1) is 7.53. The van der Waals surface area contributed by atoms with Crippen molar-refractivity contribution in [2.75, 3.05) is 0 Å². The van der Waals surface area contributed by atoms with Gasteiger partial charge in [0.25, 0.3) is 0 Å². The summed E-state index contributed by atoms with van der Waals surface area (Å²) in [6, 6.07) is 0. The van der Waals surface area contributed by atoms with Crippen LogP contribution in [0.2, 0.25) is 0 Å². The molecule has 0 aromatic rings. The lowest BCUT2D eigenvalue weighted by Crippen LogP contribution is -2.22. The Bertz CT molecular complexity index is 88.4. The third kappa shape index (κ3) is 1.56. The van der Waals surface area contributed by atoms with Gasteiger partial charge in [-0.25, -0.2) is 8.78 Å². The van der Waals surface area contributed by atoms with Crippen molar-refractivity contribution in [2.24, 2.45) is 5.41 Å². The Labute approximate surface area is 46.7 Å². The second kappa shape index (κ2) is 2.20. The summed E-state index contributed by atoms with van der Waals surface area (Å²) in [6.07, 6.45) is -2.29. The maximum atomic E-state index is 11.6. The van der Waals surface area contributed by atoms with Crippen molar-refractivity contribution in [3.63, 3.8) is 0 Å². The Kier molecular flexibility index (Phi) is 2.07. The average molecular weight is 122 g/mol. The zero-order valence-electron chi connectivity index (χ0n) is 4.82.